The van der Waals surface area contributed by atoms with Gasteiger partial charge in [0, 0.05) is 18.1 Å². The zero-order valence-electron chi connectivity index (χ0n) is 10.3. The number of hydrogen-bond donors (Lipinski definition) is 2. The minimum absolute atomic E-state index is 0.114. The topological polar surface area (TPSA) is 38.0 Å². The van der Waals surface area contributed by atoms with Crippen LogP contribution < -0.4 is 11.1 Å². The highest BCUT2D eigenvalue weighted by Crippen LogP contribution is 2.28. The highest BCUT2D eigenvalue weighted by molar-refractivity contribution is 5.32. The van der Waals surface area contributed by atoms with E-state index in [9.17, 15) is 0 Å². The van der Waals surface area contributed by atoms with Gasteiger partial charge in [-0.05, 0) is 30.4 Å². The summed E-state index contributed by atoms with van der Waals surface area (Å²) in [6.45, 7) is 5.11. The molecule has 0 saturated heterocycles. The van der Waals surface area contributed by atoms with E-state index in [-0.39, 0.29) is 5.54 Å². The minimum atomic E-state index is 0.114. The monoisotopic (exact) mass is 218 g/mol. The zero-order chi connectivity index (χ0) is 11.6. The highest BCUT2D eigenvalue weighted by atomic mass is 15.0. The number of rotatable bonds is 3. The van der Waals surface area contributed by atoms with Crippen molar-refractivity contribution in [2.45, 2.75) is 44.7 Å². The number of aryl methyl sites for hydroxylation is 1. The Balaban J connectivity index is 2.21. The van der Waals surface area contributed by atoms with E-state index in [2.05, 4.69) is 43.4 Å². The van der Waals surface area contributed by atoms with Crippen LogP contribution in [0.15, 0.2) is 24.3 Å². The lowest BCUT2D eigenvalue weighted by Crippen LogP contribution is -2.57. The van der Waals surface area contributed by atoms with Gasteiger partial charge in [-0.15, -0.1) is 0 Å². The van der Waals surface area contributed by atoms with Crippen LogP contribution in [0.2, 0.25) is 0 Å². The number of fused-ring (bicyclic) bond motifs is 1. The Hall–Kier alpha value is -0.860. The van der Waals surface area contributed by atoms with E-state index < -0.39 is 0 Å². The van der Waals surface area contributed by atoms with Crippen molar-refractivity contribution in [3.05, 3.63) is 35.4 Å². The molecule has 2 nitrogen and oxygen atoms in total. The third-order valence-electron chi connectivity index (χ3n) is 3.51. The minimum Gasteiger partial charge on any atom is -0.329 e. The van der Waals surface area contributed by atoms with Crippen molar-refractivity contribution < 1.29 is 0 Å². The van der Waals surface area contributed by atoms with E-state index in [4.69, 9.17) is 5.73 Å². The smallest absolute Gasteiger partial charge is 0.0349 e. The molecule has 0 bridgehead atoms. The van der Waals surface area contributed by atoms with Crippen molar-refractivity contribution in [3.63, 3.8) is 0 Å². The van der Waals surface area contributed by atoms with Crippen LogP contribution in [0.25, 0.3) is 0 Å². The maximum atomic E-state index is 5.98. The predicted molar refractivity (Wildman–Crippen MR) is 68.5 cm³/mol. The predicted octanol–water partition coefficient (Wildman–Crippen LogP) is 1.87. The van der Waals surface area contributed by atoms with Crippen LogP contribution >= 0.6 is 0 Å². The van der Waals surface area contributed by atoms with Crippen LogP contribution in [0.1, 0.15) is 31.4 Å². The Morgan fingerprint density at radius 1 is 1.31 bits per heavy atom. The van der Waals surface area contributed by atoms with Crippen LogP contribution in [0, 0.1) is 0 Å². The summed E-state index contributed by atoms with van der Waals surface area (Å²) in [6, 6.07) is 9.23. The second-order valence-electron chi connectivity index (χ2n) is 5.23. The molecule has 0 fully saturated rings. The first kappa shape index (κ1) is 11.6. The van der Waals surface area contributed by atoms with Gasteiger partial charge in [0.15, 0.2) is 0 Å². The van der Waals surface area contributed by atoms with Crippen molar-refractivity contribution in [1.29, 1.82) is 0 Å². The van der Waals surface area contributed by atoms with Gasteiger partial charge < -0.3 is 11.1 Å². The van der Waals surface area contributed by atoms with Crippen LogP contribution in [0.4, 0.5) is 0 Å². The molecule has 0 radical (unpaired) electrons. The van der Waals surface area contributed by atoms with Crippen LogP contribution in [-0.2, 0) is 12.8 Å². The Bertz CT molecular complexity index is 360. The Morgan fingerprint density at radius 2 is 2.00 bits per heavy atom. The van der Waals surface area contributed by atoms with Gasteiger partial charge in [-0.1, -0.05) is 38.1 Å². The largest absolute Gasteiger partial charge is 0.329 e. The summed E-state index contributed by atoms with van der Waals surface area (Å²) in [6.07, 6.45) is 3.36. The van der Waals surface area contributed by atoms with Crippen LogP contribution in [0.3, 0.4) is 0 Å². The molecule has 0 aliphatic heterocycles. The summed E-state index contributed by atoms with van der Waals surface area (Å²) in [4.78, 5) is 0. The molecule has 3 N–H and O–H groups in total. The van der Waals surface area contributed by atoms with Crippen molar-refractivity contribution >= 4 is 0 Å². The summed E-state index contributed by atoms with van der Waals surface area (Å²) in [5, 5.41) is 3.66. The molecular weight excluding hydrogens is 196 g/mol. The van der Waals surface area contributed by atoms with Gasteiger partial charge in [0.05, 0.1) is 0 Å². The first-order valence-corrected chi connectivity index (χ1v) is 6.20. The Labute approximate surface area is 98.2 Å². The number of nitrogens with two attached hydrogens (primary N) is 1. The summed E-state index contributed by atoms with van der Waals surface area (Å²) >= 11 is 0. The van der Waals surface area contributed by atoms with Crippen molar-refractivity contribution in [2.24, 2.45) is 5.73 Å². The van der Waals surface area contributed by atoms with Crippen molar-refractivity contribution in [2.75, 3.05) is 6.54 Å². The third-order valence-corrected chi connectivity index (χ3v) is 3.51. The molecule has 0 aromatic heterocycles. The quantitative estimate of drug-likeness (QED) is 0.813. The molecule has 0 saturated carbocycles. The fourth-order valence-electron chi connectivity index (χ4n) is 2.77. The Morgan fingerprint density at radius 3 is 2.62 bits per heavy atom. The van der Waals surface area contributed by atoms with Gasteiger partial charge in [0.2, 0.25) is 0 Å². The fraction of sp³-hybridized carbons (Fsp3) is 0.571. The normalized spacial score (nSPS) is 24.5. The van der Waals surface area contributed by atoms with Gasteiger partial charge in [0.1, 0.15) is 0 Å². The van der Waals surface area contributed by atoms with E-state index >= 15 is 0 Å². The van der Waals surface area contributed by atoms with E-state index in [0.29, 0.717) is 6.04 Å². The van der Waals surface area contributed by atoms with Gasteiger partial charge >= 0.3 is 0 Å². The van der Waals surface area contributed by atoms with E-state index in [0.717, 1.165) is 25.8 Å². The molecule has 2 heteroatoms. The molecular formula is C14H22N2. The number of nitrogens with one attached hydrogen (secondary N) is 1. The lowest BCUT2D eigenvalue weighted by atomic mass is 9.77. The van der Waals surface area contributed by atoms with Crippen molar-refractivity contribution in [1.82, 2.24) is 5.32 Å². The maximum absolute atomic E-state index is 5.98. The molecule has 1 aromatic rings. The molecule has 1 unspecified atom stereocenters. The molecule has 1 aromatic carbocycles. The average molecular weight is 218 g/mol. The molecule has 0 spiro atoms. The summed E-state index contributed by atoms with van der Waals surface area (Å²) < 4.78 is 0. The summed E-state index contributed by atoms with van der Waals surface area (Å²) in [5.74, 6) is 0. The Kier molecular flexibility index (Phi) is 3.31. The second-order valence-corrected chi connectivity index (χ2v) is 5.23. The average Bonchev–Trinajstić information content (AvgIpc) is 2.28. The zero-order valence-corrected chi connectivity index (χ0v) is 10.3. The lowest BCUT2D eigenvalue weighted by Gasteiger charge is -2.40. The summed E-state index contributed by atoms with van der Waals surface area (Å²) in [5.41, 5.74) is 9.06. The second kappa shape index (κ2) is 4.56. The van der Waals surface area contributed by atoms with Gasteiger partial charge in [-0.25, -0.2) is 0 Å². The first-order valence-electron chi connectivity index (χ1n) is 6.20. The number of benzene rings is 1. The lowest BCUT2D eigenvalue weighted by molar-refractivity contribution is 0.272. The fourth-order valence-corrected chi connectivity index (χ4v) is 2.77. The van der Waals surface area contributed by atoms with E-state index in [1.54, 1.807) is 0 Å². The molecule has 1 atom stereocenters. The van der Waals surface area contributed by atoms with Gasteiger partial charge in [0.25, 0.3) is 0 Å². The maximum Gasteiger partial charge on any atom is 0.0349 e. The molecule has 88 valence electrons. The van der Waals surface area contributed by atoms with Crippen molar-refractivity contribution in [3.8, 4) is 0 Å². The van der Waals surface area contributed by atoms with Crippen LogP contribution in [0.5, 0.6) is 0 Å². The molecule has 0 amide bonds. The third kappa shape index (κ3) is 2.28. The number of hydrogen-bond acceptors (Lipinski definition) is 2. The highest BCUT2D eigenvalue weighted by Gasteiger charge is 2.33. The SMILES string of the molecule is CC(C)NC1(CN)CCc2ccccc2C1. The van der Waals surface area contributed by atoms with Gasteiger partial charge in [-0.2, -0.15) is 0 Å². The molecule has 16 heavy (non-hydrogen) atoms. The summed E-state index contributed by atoms with van der Waals surface area (Å²) in [7, 11) is 0. The molecule has 1 aliphatic carbocycles. The van der Waals surface area contributed by atoms with Crippen LogP contribution in [-0.4, -0.2) is 18.1 Å². The standard InChI is InChI=1S/C14H22N2/c1-11(2)16-14(10-15)8-7-12-5-3-4-6-13(12)9-14/h3-6,11,16H,7-10,15H2,1-2H3. The molecule has 0 heterocycles. The van der Waals surface area contributed by atoms with E-state index in [1.165, 1.54) is 11.1 Å². The molecule has 2 rings (SSSR count). The van der Waals surface area contributed by atoms with Gasteiger partial charge in [-0.3, -0.25) is 0 Å². The van der Waals surface area contributed by atoms with E-state index in [1.807, 2.05) is 0 Å². The first-order chi connectivity index (χ1) is 7.65. The molecule has 1 aliphatic rings.